The van der Waals surface area contributed by atoms with Crippen molar-refractivity contribution in [3.05, 3.63) is 41.7 Å². The Bertz CT molecular complexity index is 597. The zero-order valence-electron chi connectivity index (χ0n) is 11.4. The average molecular weight is 272 g/mol. The molecule has 104 valence electrons. The Balaban J connectivity index is 2.27. The van der Waals surface area contributed by atoms with Gasteiger partial charge < -0.3 is 15.3 Å². The normalized spacial score (nSPS) is 10.7. The Labute approximate surface area is 117 Å². The van der Waals surface area contributed by atoms with Crippen LogP contribution in [0, 0.1) is 0 Å². The van der Waals surface area contributed by atoms with Crippen LogP contribution in [0.4, 0.5) is 5.82 Å². The van der Waals surface area contributed by atoms with Crippen LogP contribution >= 0.6 is 0 Å². The minimum atomic E-state index is 0.279. The van der Waals surface area contributed by atoms with E-state index in [4.69, 9.17) is 10.5 Å². The molecule has 2 N–H and O–H groups in total. The van der Waals surface area contributed by atoms with Crippen LogP contribution in [0.25, 0.3) is 0 Å². The maximum atomic E-state index is 5.78. The maximum absolute atomic E-state index is 5.78. The van der Waals surface area contributed by atoms with Gasteiger partial charge in [0.1, 0.15) is 30.6 Å². The first kappa shape index (κ1) is 13.8. The molecular weight excluding hydrogens is 256 g/mol. The molecule has 0 aliphatic heterocycles. The monoisotopic (exact) mass is 272 g/mol. The summed E-state index contributed by atoms with van der Waals surface area (Å²) in [5.74, 6) is 1.29. The van der Waals surface area contributed by atoms with Crippen LogP contribution in [0.2, 0.25) is 0 Å². The SMILES string of the molecule is CCc1ccc(Oc2ncnc(N)c2/C=N/OC)cc1. The number of oxime groups is 1. The highest BCUT2D eigenvalue weighted by atomic mass is 16.6. The molecule has 0 saturated heterocycles. The van der Waals surface area contributed by atoms with Crippen molar-refractivity contribution in [2.75, 3.05) is 12.8 Å². The van der Waals surface area contributed by atoms with Gasteiger partial charge in [0.05, 0.1) is 6.21 Å². The summed E-state index contributed by atoms with van der Waals surface area (Å²) in [5.41, 5.74) is 7.50. The van der Waals surface area contributed by atoms with Crippen LogP contribution in [0.3, 0.4) is 0 Å². The molecule has 1 aromatic heterocycles. The predicted octanol–water partition coefficient (Wildman–Crippen LogP) is 2.39. The molecule has 2 rings (SSSR count). The number of nitrogen functional groups attached to an aromatic ring is 1. The quantitative estimate of drug-likeness (QED) is 0.667. The molecule has 1 aromatic carbocycles. The molecule has 0 atom stereocenters. The molecular formula is C14H16N4O2. The van der Waals surface area contributed by atoms with E-state index in [9.17, 15) is 0 Å². The molecule has 0 fully saturated rings. The number of aromatic nitrogens is 2. The summed E-state index contributed by atoms with van der Waals surface area (Å²) in [7, 11) is 1.44. The zero-order valence-corrected chi connectivity index (χ0v) is 11.4. The molecule has 0 amide bonds. The fourth-order valence-corrected chi connectivity index (χ4v) is 1.61. The molecule has 20 heavy (non-hydrogen) atoms. The Kier molecular flexibility index (Phi) is 4.49. The Hall–Kier alpha value is -2.63. The van der Waals surface area contributed by atoms with Gasteiger partial charge in [0.2, 0.25) is 5.88 Å². The highest BCUT2D eigenvalue weighted by molar-refractivity contribution is 5.88. The van der Waals surface area contributed by atoms with E-state index in [1.54, 1.807) is 0 Å². The number of hydrogen-bond donors (Lipinski definition) is 1. The Morgan fingerprint density at radius 1 is 1.25 bits per heavy atom. The molecule has 0 spiro atoms. The van der Waals surface area contributed by atoms with Gasteiger partial charge in [0.15, 0.2) is 0 Å². The number of aryl methyl sites for hydroxylation is 1. The highest BCUT2D eigenvalue weighted by Crippen LogP contribution is 2.24. The van der Waals surface area contributed by atoms with E-state index in [0.29, 0.717) is 17.2 Å². The van der Waals surface area contributed by atoms with Gasteiger partial charge in [-0.15, -0.1) is 0 Å². The van der Waals surface area contributed by atoms with Crippen molar-refractivity contribution in [1.29, 1.82) is 0 Å². The number of nitrogens with two attached hydrogens (primary N) is 1. The van der Waals surface area contributed by atoms with E-state index in [1.165, 1.54) is 25.2 Å². The summed E-state index contributed by atoms with van der Waals surface area (Å²) < 4.78 is 5.71. The Morgan fingerprint density at radius 3 is 2.65 bits per heavy atom. The lowest BCUT2D eigenvalue weighted by molar-refractivity contribution is 0.215. The van der Waals surface area contributed by atoms with Gasteiger partial charge in [-0.05, 0) is 24.1 Å². The number of nitrogens with zero attached hydrogens (tertiary/aromatic N) is 3. The van der Waals surface area contributed by atoms with Gasteiger partial charge in [-0.2, -0.15) is 0 Å². The molecule has 6 nitrogen and oxygen atoms in total. The molecule has 0 radical (unpaired) electrons. The fraction of sp³-hybridized carbons (Fsp3) is 0.214. The summed E-state index contributed by atoms with van der Waals surface area (Å²) in [4.78, 5) is 12.6. The summed E-state index contributed by atoms with van der Waals surface area (Å²) in [6.45, 7) is 2.10. The number of anilines is 1. The summed E-state index contributed by atoms with van der Waals surface area (Å²) in [6, 6.07) is 7.77. The second-order valence-electron chi connectivity index (χ2n) is 3.99. The minimum Gasteiger partial charge on any atom is -0.438 e. The van der Waals surface area contributed by atoms with E-state index in [0.717, 1.165) is 6.42 Å². The topological polar surface area (TPSA) is 82.6 Å². The molecule has 6 heteroatoms. The molecule has 0 saturated carbocycles. The molecule has 1 heterocycles. The second-order valence-corrected chi connectivity index (χ2v) is 3.99. The van der Waals surface area contributed by atoms with Crippen LogP contribution in [0.15, 0.2) is 35.7 Å². The van der Waals surface area contributed by atoms with Crippen molar-refractivity contribution < 1.29 is 9.57 Å². The number of hydrogen-bond acceptors (Lipinski definition) is 6. The molecule has 0 aliphatic rings. The third kappa shape index (κ3) is 3.23. The van der Waals surface area contributed by atoms with E-state index in [1.807, 2.05) is 24.3 Å². The number of rotatable bonds is 5. The van der Waals surface area contributed by atoms with Crippen molar-refractivity contribution in [2.45, 2.75) is 13.3 Å². The van der Waals surface area contributed by atoms with Crippen LogP contribution in [-0.4, -0.2) is 23.3 Å². The Morgan fingerprint density at radius 2 is 2.00 bits per heavy atom. The van der Waals surface area contributed by atoms with Crippen LogP contribution in [-0.2, 0) is 11.3 Å². The van der Waals surface area contributed by atoms with Gasteiger partial charge in [-0.3, -0.25) is 0 Å². The molecule has 2 aromatic rings. The standard InChI is InChI=1S/C14H16N4O2/c1-3-10-4-6-11(7-5-10)20-14-12(8-18-19-2)13(15)16-9-17-14/h4-9H,3H2,1-2H3,(H2,15,16,17)/b18-8+. The minimum absolute atomic E-state index is 0.279. The van der Waals surface area contributed by atoms with Crippen LogP contribution in [0.1, 0.15) is 18.1 Å². The first-order chi connectivity index (χ1) is 9.74. The largest absolute Gasteiger partial charge is 0.438 e. The number of benzene rings is 1. The van der Waals surface area contributed by atoms with Crippen molar-refractivity contribution in [3.63, 3.8) is 0 Å². The van der Waals surface area contributed by atoms with E-state index in [2.05, 4.69) is 26.9 Å². The average Bonchev–Trinajstić information content (AvgIpc) is 2.47. The molecule has 0 aliphatic carbocycles. The fourth-order valence-electron chi connectivity index (χ4n) is 1.61. The second kappa shape index (κ2) is 6.51. The third-order valence-corrected chi connectivity index (χ3v) is 2.71. The molecule has 0 bridgehead atoms. The maximum Gasteiger partial charge on any atom is 0.233 e. The smallest absolute Gasteiger partial charge is 0.233 e. The third-order valence-electron chi connectivity index (χ3n) is 2.71. The van der Waals surface area contributed by atoms with E-state index < -0.39 is 0 Å². The highest BCUT2D eigenvalue weighted by Gasteiger charge is 2.10. The number of ether oxygens (including phenoxy) is 1. The van der Waals surface area contributed by atoms with E-state index >= 15 is 0 Å². The molecule has 0 unspecified atom stereocenters. The lowest BCUT2D eigenvalue weighted by Crippen LogP contribution is -2.02. The van der Waals surface area contributed by atoms with Crippen molar-refractivity contribution in [1.82, 2.24) is 9.97 Å². The predicted molar refractivity (Wildman–Crippen MR) is 76.9 cm³/mol. The van der Waals surface area contributed by atoms with Gasteiger partial charge >= 0.3 is 0 Å². The summed E-state index contributed by atoms with van der Waals surface area (Å²) in [6.07, 6.45) is 3.74. The first-order valence-corrected chi connectivity index (χ1v) is 6.18. The summed E-state index contributed by atoms with van der Waals surface area (Å²) in [5, 5.41) is 3.67. The van der Waals surface area contributed by atoms with Crippen molar-refractivity contribution in [2.24, 2.45) is 5.16 Å². The van der Waals surface area contributed by atoms with Gasteiger partial charge in [-0.1, -0.05) is 24.2 Å². The van der Waals surface area contributed by atoms with Gasteiger partial charge in [-0.25, -0.2) is 9.97 Å². The summed E-state index contributed by atoms with van der Waals surface area (Å²) >= 11 is 0. The zero-order chi connectivity index (χ0) is 14.4. The van der Waals surface area contributed by atoms with Crippen LogP contribution < -0.4 is 10.5 Å². The van der Waals surface area contributed by atoms with Crippen LogP contribution in [0.5, 0.6) is 11.6 Å². The van der Waals surface area contributed by atoms with Crippen molar-refractivity contribution in [3.8, 4) is 11.6 Å². The first-order valence-electron chi connectivity index (χ1n) is 6.18. The van der Waals surface area contributed by atoms with Gasteiger partial charge in [0, 0.05) is 0 Å². The van der Waals surface area contributed by atoms with Gasteiger partial charge in [0.25, 0.3) is 0 Å². The lowest BCUT2D eigenvalue weighted by atomic mass is 10.2. The lowest BCUT2D eigenvalue weighted by Gasteiger charge is -2.08. The van der Waals surface area contributed by atoms with Crippen molar-refractivity contribution >= 4 is 12.0 Å². The van der Waals surface area contributed by atoms with E-state index in [-0.39, 0.29) is 5.82 Å².